The number of nitrogens with one attached hydrogen (secondary N) is 3. The van der Waals surface area contributed by atoms with Crippen molar-refractivity contribution < 1.29 is 14.0 Å². The first kappa shape index (κ1) is 21.3. The smallest absolute Gasteiger partial charge is 0.227 e. The third kappa shape index (κ3) is 5.36. The van der Waals surface area contributed by atoms with Gasteiger partial charge in [-0.3, -0.25) is 14.9 Å². The van der Waals surface area contributed by atoms with Gasteiger partial charge in [0.15, 0.2) is 0 Å². The van der Waals surface area contributed by atoms with Gasteiger partial charge in [0.1, 0.15) is 11.3 Å². The van der Waals surface area contributed by atoms with Crippen LogP contribution in [0.4, 0.5) is 10.1 Å². The van der Waals surface area contributed by atoms with E-state index in [1.54, 1.807) is 18.2 Å². The number of halogens is 1. The number of thioether (sulfide) groups is 1. The topological polar surface area (TPSA) is 70.2 Å². The molecule has 2 aromatic carbocycles. The van der Waals surface area contributed by atoms with Crippen molar-refractivity contribution in [3.05, 3.63) is 65.0 Å². The van der Waals surface area contributed by atoms with Crippen LogP contribution in [-0.4, -0.2) is 23.4 Å². The molecular formula is C22H26FN3O2S. The Kier molecular flexibility index (Phi) is 6.92. The summed E-state index contributed by atoms with van der Waals surface area (Å²) in [5.41, 5.74) is 3.16. The predicted molar refractivity (Wildman–Crippen MR) is 115 cm³/mol. The summed E-state index contributed by atoms with van der Waals surface area (Å²) in [4.78, 5) is 25.1. The Morgan fingerprint density at radius 1 is 1.17 bits per heavy atom. The minimum absolute atomic E-state index is 0.0953. The Morgan fingerprint density at radius 3 is 2.66 bits per heavy atom. The average molecular weight is 416 g/mol. The monoisotopic (exact) mass is 415 g/mol. The van der Waals surface area contributed by atoms with Crippen LogP contribution in [-0.2, 0) is 15.3 Å². The van der Waals surface area contributed by atoms with E-state index in [1.165, 1.54) is 17.8 Å². The molecule has 1 fully saturated rings. The number of anilines is 1. The van der Waals surface area contributed by atoms with Crippen LogP contribution < -0.4 is 16.0 Å². The Balaban J connectivity index is 1.54. The molecule has 1 heterocycles. The fourth-order valence-electron chi connectivity index (χ4n) is 3.30. The molecule has 3 N–H and O–H groups in total. The molecule has 1 aliphatic heterocycles. The number of hydrogen-bond acceptors (Lipinski definition) is 4. The third-order valence-corrected chi connectivity index (χ3v) is 6.34. The molecule has 2 amide bonds. The maximum Gasteiger partial charge on any atom is 0.227 e. The van der Waals surface area contributed by atoms with Crippen molar-refractivity contribution in [2.75, 3.05) is 5.32 Å². The van der Waals surface area contributed by atoms with Gasteiger partial charge in [0, 0.05) is 23.9 Å². The van der Waals surface area contributed by atoms with Gasteiger partial charge in [-0.2, -0.15) is 0 Å². The minimum atomic E-state index is -0.467. The Morgan fingerprint density at radius 2 is 1.93 bits per heavy atom. The van der Waals surface area contributed by atoms with Gasteiger partial charge in [-0.05, 0) is 49.6 Å². The fourth-order valence-corrected chi connectivity index (χ4v) is 4.39. The molecular weight excluding hydrogens is 389 g/mol. The van der Waals surface area contributed by atoms with Crippen molar-refractivity contribution in [2.24, 2.45) is 5.92 Å². The molecule has 0 aromatic heterocycles. The van der Waals surface area contributed by atoms with Crippen molar-refractivity contribution in [1.29, 1.82) is 0 Å². The summed E-state index contributed by atoms with van der Waals surface area (Å²) in [6.45, 7) is 5.84. The van der Waals surface area contributed by atoms with E-state index in [4.69, 9.17) is 0 Å². The normalized spacial score (nSPS) is 21.5. The maximum atomic E-state index is 13.8. The molecule has 3 atom stereocenters. The quantitative estimate of drug-likeness (QED) is 0.673. The second kappa shape index (κ2) is 9.41. The van der Waals surface area contributed by atoms with Gasteiger partial charge in [-0.15, -0.1) is 11.8 Å². The van der Waals surface area contributed by atoms with Gasteiger partial charge < -0.3 is 10.6 Å². The van der Waals surface area contributed by atoms with Crippen molar-refractivity contribution in [3.63, 3.8) is 0 Å². The van der Waals surface area contributed by atoms with E-state index in [2.05, 4.69) is 16.0 Å². The molecule has 3 rings (SSSR count). The summed E-state index contributed by atoms with van der Waals surface area (Å²) in [7, 11) is 0. The van der Waals surface area contributed by atoms with Crippen LogP contribution in [0.25, 0.3) is 0 Å². The highest BCUT2D eigenvalue weighted by Gasteiger charge is 2.35. The largest absolute Gasteiger partial charge is 0.331 e. The Hall–Kier alpha value is -2.38. The van der Waals surface area contributed by atoms with Gasteiger partial charge >= 0.3 is 0 Å². The Bertz CT molecular complexity index is 905. The van der Waals surface area contributed by atoms with E-state index < -0.39 is 5.92 Å². The molecule has 0 aliphatic carbocycles. The van der Waals surface area contributed by atoms with Crippen molar-refractivity contribution in [1.82, 2.24) is 10.6 Å². The van der Waals surface area contributed by atoms with Crippen LogP contribution in [0.3, 0.4) is 0 Å². The third-order valence-electron chi connectivity index (χ3n) is 5.28. The summed E-state index contributed by atoms with van der Waals surface area (Å²) >= 11 is 1.42. The molecule has 0 saturated carbocycles. The molecule has 0 bridgehead atoms. The second-order valence-electron chi connectivity index (χ2n) is 7.35. The summed E-state index contributed by atoms with van der Waals surface area (Å²) in [6.07, 6.45) is 0.0953. The second-order valence-corrected chi connectivity index (χ2v) is 8.45. The van der Waals surface area contributed by atoms with Gasteiger partial charge in [0.2, 0.25) is 11.8 Å². The van der Waals surface area contributed by atoms with Crippen molar-refractivity contribution in [3.8, 4) is 0 Å². The van der Waals surface area contributed by atoms with Crippen LogP contribution in [0.2, 0.25) is 0 Å². The first-order valence-electron chi connectivity index (χ1n) is 9.62. The van der Waals surface area contributed by atoms with E-state index in [0.29, 0.717) is 11.3 Å². The highest BCUT2D eigenvalue weighted by Crippen LogP contribution is 2.24. The molecule has 7 heteroatoms. The Labute approximate surface area is 174 Å². The molecule has 3 unspecified atom stereocenters. The number of hydrogen-bond donors (Lipinski definition) is 3. The molecule has 2 aromatic rings. The van der Waals surface area contributed by atoms with Crippen LogP contribution in [0.5, 0.6) is 0 Å². The summed E-state index contributed by atoms with van der Waals surface area (Å²) in [6, 6.07) is 12.2. The zero-order valence-electron chi connectivity index (χ0n) is 16.8. The lowest BCUT2D eigenvalue weighted by Gasteiger charge is -2.35. The van der Waals surface area contributed by atoms with E-state index in [9.17, 15) is 14.0 Å². The zero-order chi connectivity index (χ0) is 21.0. The van der Waals surface area contributed by atoms with E-state index in [0.717, 1.165) is 16.8 Å². The molecule has 0 spiro atoms. The van der Waals surface area contributed by atoms with Gasteiger partial charge in [0.05, 0.1) is 5.92 Å². The summed E-state index contributed by atoms with van der Waals surface area (Å²) in [5.74, 6) is -0.639. The average Bonchev–Trinajstić information content (AvgIpc) is 2.68. The lowest BCUT2D eigenvalue weighted by Crippen LogP contribution is -2.59. The predicted octanol–water partition coefficient (Wildman–Crippen LogP) is 3.71. The van der Waals surface area contributed by atoms with E-state index in [1.807, 2.05) is 39.0 Å². The molecule has 154 valence electrons. The van der Waals surface area contributed by atoms with Crippen LogP contribution in [0.1, 0.15) is 30.0 Å². The van der Waals surface area contributed by atoms with Crippen molar-refractivity contribution >= 4 is 29.3 Å². The highest BCUT2D eigenvalue weighted by atomic mass is 32.2. The highest BCUT2D eigenvalue weighted by molar-refractivity contribution is 7.99. The number of benzene rings is 2. The molecule has 0 radical (unpaired) electrons. The molecule has 1 aliphatic rings. The van der Waals surface area contributed by atoms with Gasteiger partial charge in [-0.25, -0.2) is 4.39 Å². The summed E-state index contributed by atoms with van der Waals surface area (Å²) in [5, 5.41) is 9.10. The lowest BCUT2D eigenvalue weighted by molar-refractivity contribution is -0.131. The van der Waals surface area contributed by atoms with E-state index >= 15 is 0 Å². The molecule has 29 heavy (non-hydrogen) atoms. The number of aryl methyl sites for hydroxylation is 1. The maximum absolute atomic E-state index is 13.8. The minimum Gasteiger partial charge on any atom is -0.331 e. The molecule has 1 saturated heterocycles. The van der Waals surface area contributed by atoms with E-state index in [-0.39, 0.29) is 35.6 Å². The molecule has 5 nitrogen and oxygen atoms in total. The van der Waals surface area contributed by atoms with Gasteiger partial charge in [0.25, 0.3) is 0 Å². The number of amides is 2. The first-order chi connectivity index (χ1) is 13.8. The summed E-state index contributed by atoms with van der Waals surface area (Å²) < 4.78 is 13.8. The SMILES string of the molecule is Cc1cccc(NC(=O)CC2C(=O)NC(SCc3ccccc3F)NC2C)c1C. The number of carbonyl (C=O) groups excluding carboxylic acids is 2. The standard InChI is InChI=1S/C22H26FN3O2S/c1-13-7-6-10-19(14(13)2)25-20(27)11-17-15(3)24-22(26-21(17)28)29-12-16-8-4-5-9-18(16)23/h4-10,15,17,22,24H,11-12H2,1-3H3,(H,25,27)(H,26,28). The zero-order valence-corrected chi connectivity index (χ0v) is 17.6. The first-order valence-corrected chi connectivity index (χ1v) is 10.7. The lowest BCUT2D eigenvalue weighted by atomic mass is 9.94. The van der Waals surface area contributed by atoms with Gasteiger partial charge in [-0.1, -0.05) is 30.3 Å². The fraction of sp³-hybridized carbons (Fsp3) is 0.364. The van der Waals surface area contributed by atoms with Crippen LogP contribution >= 0.6 is 11.8 Å². The van der Waals surface area contributed by atoms with Crippen LogP contribution in [0.15, 0.2) is 42.5 Å². The number of rotatable bonds is 6. The number of carbonyl (C=O) groups is 2. The van der Waals surface area contributed by atoms with Crippen LogP contribution in [0, 0.1) is 25.6 Å². The van der Waals surface area contributed by atoms with Crippen molar-refractivity contribution in [2.45, 2.75) is 44.5 Å².